The molecule has 23 heavy (non-hydrogen) atoms. The van der Waals surface area contributed by atoms with Crippen LogP contribution in [0.15, 0.2) is 0 Å². The molecule has 0 radical (unpaired) electrons. The van der Waals surface area contributed by atoms with E-state index in [2.05, 4.69) is 5.32 Å². The van der Waals surface area contributed by atoms with E-state index in [1.54, 1.807) is 0 Å². The number of nitrogens with zero attached hydrogens (tertiary/aromatic N) is 1. The van der Waals surface area contributed by atoms with Crippen molar-refractivity contribution in [1.82, 2.24) is 10.2 Å². The van der Waals surface area contributed by atoms with Crippen LogP contribution in [0.3, 0.4) is 0 Å². The summed E-state index contributed by atoms with van der Waals surface area (Å²) in [5.74, 6) is -1.00. The Labute approximate surface area is 137 Å². The van der Waals surface area contributed by atoms with Crippen molar-refractivity contribution in [3.63, 3.8) is 0 Å². The molecule has 2 amide bonds. The van der Waals surface area contributed by atoms with E-state index in [4.69, 9.17) is 5.11 Å². The third-order valence-corrected chi connectivity index (χ3v) is 4.91. The number of hydrogen-bond acceptors (Lipinski definition) is 3. The Balaban J connectivity index is 1.72. The lowest BCUT2D eigenvalue weighted by atomic mass is 10.1. The summed E-state index contributed by atoms with van der Waals surface area (Å²) in [6.07, 6.45) is 8.65. The van der Waals surface area contributed by atoms with E-state index >= 15 is 0 Å². The molecule has 0 aromatic carbocycles. The van der Waals surface area contributed by atoms with Crippen LogP contribution in [0.1, 0.15) is 64.2 Å². The second kappa shape index (κ2) is 8.89. The predicted octanol–water partition coefficient (Wildman–Crippen LogP) is 1.93. The minimum atomic E-state index is -0.809. The van der Waals surface area contributed by atoms with Crippen molar-refractivity contribution in [2.75, 3.05) is 13.1 Å². The summed E-state index contributed by atoms with van der Waals surface area (Å²) in [4.78, 5) is 36.8. The van der Waals surface area contributed by atoms with Crippen molar-refractivity contribution in [3.8, 4) is 0 Å². The van der Waals surface area contributed by atoms with Crippen LogP contribution in [-0.4, -0.2) is 46.9 Å². The lowest BCUT2D eigenvalue weighted by molar-refractivity contribution is -0.137. The fourth-order valence-electron chi connectivity index (χ4n) is 3.59. The largest absolute Gasteiger partial charge is 0.481 e. The predicted molar refractivity (Wildman–Crippen MR) is 85.8 cm³/mol. The molecule has 1 saturated heterocycles. The van der Waals surface area contributed by atoms with Crippen LogP contribution in [0.2, 0.25) is 0 Å². The van der Waals surface area contributed by atoms with Gasteiger partial charge in [0.2, 0.25) is 11.8 Å². The van der Waals surface area contributed by atoms with Gasteiger partial charge in [0.15, 0.2) is 0 Å². The topological polar surface area (TPSA) is 86.7 Å². The zero-order valence-electron chi connectivity index (χ0n) is 13.8. The molecule has 2 fully saturated rings. The summed E-state index contributed by atoms with van der Waals surface area (Å²) in [7, 11) is 0. The summed E-state index contributed by atoms with van der Waals surface area (Å²) in [6, 6.07) is 0.318. The average molecular weight is 324 g/mol. The molecule has 1 aliphatic heterocycles. The molecule has 2 rings (SSSR count). The number of carbonyl (C=O) groups excluding carboxylic acids is 2. The number of carbonyl (C=O) groups is 3. The van der Waals surface area contributed by atoms with Gasteiger partial charge in [-0.2, -0.15) is 0 Å². The number of carboxylic acids is 1. The molecule has 6 nitrogen and oxygen atoms in total. The Morgan fingerprint density at radius 3 is 2.48 bits per heavy atom. The molecular formula is C17H28N2O4. The van der Waals surface area contributed by atoms with Crippen molar-refractivity contribution in [2.24, 2.45) is 5.92 Å². The molecule has 0 unspecified atom stereocenters. The van der Waals surface area contributed by atoms with Crippen LogP contribution >= 0.6 is 0 Å². The van der Waals surface area contributed by atoms with Crippen LogP contribution < -0.4 is 5.32 Å². The van der Waals surface area contributed by atoms with E-state index in [0.29, 0.717) is 38.4 Å². The van der Waals surface area contributed by atoms with E-state index in [1.807, 2.05) is 4.90 Å². The normalized spacial score (nSPS) is 22.9. The smallest absolute Gasteiger partial charge is 0.303 e. The van der Waals surface area contributed by atoms with E-state index < -0.39 is 5.97 Å². The van der Waals surface area contributed by atoms with E-state index in [9.17, 15) is 14.4 Å². The average Bonchev–Trinajstić information content (AvgIpc) is 2.73. The number of aliphatic carboxylic acids is 1. The second-order valence-electron chi connectivity index (χ2n) is 6.73. The van der Waals surface area contributed by atoms with Crippen LogP contribution in [0.5, 0.6) is 0 Å². The van der Waals surface area contributed by atoms with Gasteiger partial charge in [-0.1, -0.05) is 25.7 Å². The highest BCUT2D eigenvalue weighted by atomic mass is 16.4. The zero-order valence-corrected chi connectivity index (χ0v) is 13.8. The standard InChI is InChI=1S/C17H28N2O4/c20-15-11-13(17(23)18-10-6-5-9-16(21)22)12-19(15)14-7-3-1-2-4-8-14/h13-14H,1-12H2,(H,18,23)(H,21,22)/t13-/m0/s1. The minimum Gasteiger partial charge on any atom is -0.481 e. The maximum absolute atomic E-state index is 12.2. The zero-order chi connectivity index (χ0) is 16.7. The van der Waals surface area contributed by atoms with Crippen LogP contribution in [0.4, 0.5) is 0 Å². The Bertz CT molecular complexity index is 430. The third kappa shape index (κ3) is 5.52. The summed E-state index contributed by atoms with van der Waals surface area (Å²) >= 11 is 0. The molecule has 0 bridgehead atoms. The number of nitrogens with one attached hydrogen (secondary N) is 1. The first-order chi connectivity index (χ1) is 11.1. The maximum atomic E-state index is 12.2. The Hall–Kier alpha value is -1.59. The Kier molecular flexibility index (Phi) is 6.86. The number of carboxylic acid groups (broad SMARTS) is 1. The number of amides is 2. The molecule has 1 aliphatic carbocycles. The van der Waals surface area contributed by atoms with Gasteiger partial charge in [0.05, 0.1) is 5.92 Å². The molecule has 130 valence electrons. The van der Waals surface area contributed by atoms with Gasteiger partial charge in [-0.25, -0.2) is 0 Å². The molecule has 2 aliphatic rings. The number of unbranched alkanes of at least 4 members (excludes halogenated alkanes) is 1. The Morgan fingerprint density at radius 2 is 1.83 bits per heavy atom. The minimum absolute atomic E-state index is 0.0650. The van der Waals surface area contributed by atoms with Crippen molar-refractivity contribution in [1.29, 1.82) is 0 Å². The van der Waals surface area contributed by atoms with Gasteiger partial charge in [-0.05, 0) is 25.7 Å². The van der Waals surface area contributed by atoms with Crippen molar-refractivity contribution < 1.29 is 19.5 Å². The first kappa shape index (κ1) is 17.8. The fraction of sp³-hybridized carbons (Fsp3) is 0.824. The van der Waals surface area contributed by atoms with Gasteiger partial charge in [0.1, 0.15) is 0 Å². The highest BCUT2D eigenvalue weighted by molar-refractivity contribution is 5.89. The SMILES string of the molecule is O=C(O)CCCCNC(=O)[C@H]1CC(=O)N(C2CCCCCC2)C1. The quantitative estimate of drug-likeness (QED) is 0.553. The summed E-state index contributed by atoms with van der Waals surface area (Å²) in [6.45, 7) is 1.03. The fourth-order valence-corrected chi connectivity index (χ4v) is 3.59. The van der Waals surface area contributed by atoms with Crippen molar-refractivity contribution >= 4 is 17.8 Å². The van der Waals surface area contributed by atoms with Crippen LogP contribution in [0, 0.1) is 5.92 Å². The lowest BCUT2D eigenvalue weighted by Gasteiger charge is -2.27. The molecule has 6 heteroatoms. The van der Waals surface area contributed by atoms with Crippen LogP contribution in [-0.2, 0) is 14.4 Å². The molecule has 0 spiro atoms. The van der Waals surface area contributed by atoms with Gasteiger partial charge in [-0.15, -0.1) is 0 Å². The lowest BCUT2D eigenvalue weighted by Crippen LogP contribution is -2.38. The number of rotatable bonds is 7. The van der Waals surface area contributed by atoms with Gasteiger partial charge < -0.3 is 15.3 Å². The molecule has 1 heterocycles. The van der Waals surface area contributed by atoms with Crippen LogP contribution in [0.25, 0.3) is 0 Å². The highest BCUT2D eigenvalue weighted by Gasteiger charge is 2.37. The summed E-state index contributed by atoms with van der Waals surface area (Å²) in [5.41, 5.74) is 0. The molecule has 0 aromatic heterocycles. The molecule has 1 atom stereocenters. The van der Waals surface area contributed by atoms with Crippen molar-refractivity contribution in [3.05, 3.63) is 0 Å². The monoisotopic (exact) mass is 324 g/mol. The number of likely N-dealkylation sites (tertiary alicyclic amines) is 1. The second-order valence-corrected chi connectivity index (χ2v) is 6.73. The summed E-state index contributed by atoms with van der Waals surface area (Å²) < 4.78 is 0. The van der Waals surface area contributed by atoms with E-state index in [0.717, 1.165) is 12.8 Å². The molecular weight excluding hydrogens is 296 g/mol. The first-order valence-electron chi connectivity index (χ1n) is 8.87. The Morgan fingerprint density at radius 1 is 1.13 bits per heavy atom. The molecule has 1 saturated carbocycles. The van der Waals surface area contributed by atoms with Gasteiger partial charge in [-0.3, -0.25) is 14.4 Å². The third-order valence-electron chi connectivity index (χ3n) is 4.91. The van der Waals surface area contributed by atoms with E-state index in [1.165, 1.54) is 25.7 Å². The maximum Gasteiger partial charge on any atom is 0.303 e. The van der Waals surface area contributed by atoms with Crippen molar-refractivity contribution in [2.45, 2.75) is 70.3 Å². The first-order valence-corrected chi connectivity index (χ1v) is 8.87. The molecule has 0 aromatic rings. The molecule has 2 N–H and O–H groups in total. The summed E-state index contributed by atoms with van der Waals surface area (Å²) in [5, 5.41) is 11.4. The number of hydrogen-bond donors (Lipinski definition) is 2. The highest BCUT2D eigenvalue weighted by Crippen LogP contribution is 2.28. The van der Waals surface area contributed by atoms with Gasteiger partial charge in [0, 0.05) is 32.0 Å². The van der Waals surface area contributed by atoms with Gasteiger partial charge in [0.25, 0.3) is 0 Å². The van der Waals surface area contributed by atoms with E-state index in [-0.39, 0.29) is 24.2 Å². The van der Waals surface area contributed by atoms with Gasteiger partial charge >= 0.3 is 5.97 Å².